The molecule has 116 valence electrons. The van der Waals surface area contributed by atoms with Gasteiger partial charge >= 0.3 is 11.9 Å². The number of carboxylic acid groups (broad SMARTS) is 1. The van der Waals surface area contributed by atoms with Crippen LogP contribution >= 0.6 is 0 Å². The minimum absolute atomic E-state index is 0.0741. The molecule has 0 spiro atoms. The summed E-state index contributed by atoms with van der Waals surface area (Å²) in [5.74, 6) is -1.63. The number of carbonyl (C=O) groups excluding carboxylic acids is 1. The second-order valence-corrected chi connectivity index (χ2v) is 4.58. The molecule has 8 heteroatoms. The lowest BCUT2D eigenvalue weighted by Gasteiger charge is -2.03. The first-order valence-electron chi connectivity index (χ1n) is 6.62. The number of nitro groups is 1. The van der Waals surface area contributed by atoms with Gasteiger partial charge in [-0.1, -0.05) is 0 Å². The Kier molecular flexibility index (Phi) is 4.40. The third-order valence-corrected chi connectivity index (χ3v) is 3.17. The maximum absolute atomic E-state index is 12.0. The number of carboxylic acids is 1. The molecular weight excluding hydrogens is 292 g/mol. The number of ether oxygens (including phenoxy) is 1. The average molecular weight is 306 g/mol. The van der Waals surface area contributed by atoms with Crippen molar-refractivity contribution in [3.05, 3.63) is 39.6 Å². The van der Waals surface area contributed by atoms with E-state index in [0.29, 0.717) is 16.5 Å². The molecule has 0 radical (unpaired) electrons. The van der Waals surface area contributed by atoms with E-state index in [9.17, 15) is 19.7 Å². The quantitative estimate of drug-likeness (QED) is 0.479. The van der Waals surface area contributed by atoms with Gasteiger partial charge in [-0.2, -0.15) is 0 Å². The van der Waals surface area contributed by atoms with Crippen LogP contribution in [0.3, 0.4) is 0 Å². The Hall–Kier alpha value is -2.90. The van der Waals surface area contributed by atoms with Crippen LogP contribution in [0.1, 0.15) is 29.4 Å². The molecule has 0 amide bonds. The number of aryl methyl sites for hydroxylation is 1. The predicted octanol–water partition coefficient (Wildman–Crippen LogP) is 2.27. The Morgan fingerprint density at radius 3 is 2.73 bits per heavy atom. The number of H-pyrrole nitrogens is 1. The topological polar surface area (TPSA) is 123 Å². The molecule has 2 N–H and O–H groups in total. The van der Waals surface area contributed by atoms with Gasteiger partial charge in [0.25, 0.3) is 5.69 Å². The first kappa shape index (κ1) is 15.5. The summed E-state index contributed by atoms with van der Waals surface area (Å²) in [7, 11) is 0. The molecule has 0 aliphatic carbocycles. The Morgan fingerprint density at radius 2 is 2.14 bits per heavy atom. The lowest BCUT2D eigenvalue weighted by Crippen LogP contribution is -2.09. The fourth-order valence-corrected chi connectivity index (χ4v) is 2.22. The average Bonchev–Trinajstić information content (AvgIpc) is 2.83. The maximum Gasteiger partial charge on any atom is 0.355 e. The van der Waals surface area contributed by atoms with E-state index in [4.69, 9.17) is 9.84 Å². The van der Waals surface area contributed by atoms with E-state index in [-0.39, 0.29) is 30.8 Å². The van der Waals surface area contributed by atoms with Gasteiger partial charge in [-0.05, 0) is 25.0 Å². The van der Waals surface area contributed by atoms with E-state index in [2.05, 4.69) is 4.98 Å². The molecule has 0 aliphatic heterocycles. The molecule has 1 aromatic heterocycles. The molecule has 0 bridgehead atoms. The molecule has 0 unspecified atom stereocenters. The summed E-state index contributed by atoms with van der Waals surface area (Å²) >= 11 is 0. The van der Waals surface area contributed by atoms with Crippen molar-refractivity contribution in [3.63, 3.8) is 0 Å². The van der Waals surface area contributed by atoms with Crippen molar-refractivity contribution in [3.8, 4) is 0 Å². The Bertz CT molecular complexity index is 749. The third-order valence-electron chi connectivity index (χ3n) is 3.17. The molecule has 1 aromatic carbocycles. The van der Waals surface area contributed by atoms with Crippen LogP contribution in [0.4, 0.5) is 5.69 Å². The van der Waals surface area contributed by atoms with Gasteiger partial charge in [0.1, 0.15) is 5.69 Å². The number of esters is 1. The van der Waals surface area contributed by atoms with E-state index in [1.165, 1.54) is 18.2 Å². The highest BCUT2D eigenvalue weighted by Gasteiger charge is 2.21. The summed E-state index contributed by atoms with van der Waals surface area (Å²) in [5, 5.41) is 20.2. The van der Waals surface area contributed by atoms with Crippen molar-refractivity contribution >= 4 is 28.5 Å². The monoisotopic (exact) mass is 306 g/mol. The number of aliphatic carboxylic acids is 1. The number of non-ortho nitro benzene ring substituents is 1. The van der Waals surface area contributed by atoms with E-state index >= 15 is 0 Å². The number of hydrogen-bond acceptors (Lipinski definition) is 5. The molecule has 0 saturated carbocycles. The number of nitrogens with zero attached hydrogens (tertiary/aromatic N) is 1. The van der Waals surface area contributed by atoms with Gasteiger partial charge < -0.3 is 14.8 Å². The molecule has 22 heavy (non-hydrogen) atoms. The minimum Gasteiger partial charge on any atom is -0.481 e. The largest absolute Gasteiger partial charge is 0.481 e. The van der Waals surface area contributed by atoms with Gasteiger partial charge in [-0.15, -0.1) is 0 Å². The Balaban J connectivity index is 2.57. The van der Waals surface area contributed by atoms with E-state index in [1.54, 1.807) is 6.92 Å². The van der Waals surface area contributed by atoms with Crippen LogP contribution in [0.2, 0.25) is 0 Å². The summed E-state index contributed by atoms with van der Waals surface area (Å²) < 4.78 is 4.93. The predicted molar refractivity (Wildman–Crippen MR) is 76.9 cm³/mol. The fourth-order valence-electron chi connectivity index (χ4n) is 2.22. The van der Waals surface area contributed by atoms with Crippen molar-refractivity contribution in [1.29, 1.82) is 0 Å². The van der Waals surface area contributed by atoms with Gasteiger partial charge in [-0.3, -0.25) is 14.9 Å². The number of hydrogen-bond donors (Lipinski definition) is 2. The summed E-state index contributed by atoms with van der Waals surface area (Å²) in [6.45, 7) is 1.83. The molecule has 8 nitrogen and oxygen atoms in total. The molecule has 0 saturated heterocycles. The number of aromatic amines is 1. The number of nitro benzene ring substituents is 1. The van der Waals surface area contributed by atoms with Gasteiger partial charge in [0.2, 0.25) is 0 Å². The van der Waals surface area contributed by atoms with Crippen molar-refractivity contribution in [2.45, 2.75) is 19.8 Å². The minimum atomic E-state index is -1.02. The second-order valence-electron chi connectivity index (χ2n) is 4.58. The number of rotatable bonds is 6. The normalized spacial score (nSPS) is 10.6. The van der Waals surface area contributed by atoms with E-state index in [0.717, 1.165) is 0 Å². The molecule has 2 rings (SSSR count). The smallest absolute Gasteiger partial charge is 0.355 e. The van der Waals surface area contributed by atoms with Crippen molar-refractivity contribution in [2.75, 3.05) is 6.61 Å². The summed E-state index contributed by atoms with van der Waals surface area (Å²) in [6, 6.07) is 4.13. The number of fused-ring (bicyclic) bond motifs is 1. The van der Waals surface area contributed by atoms with E-state index < -0.39 is 16.9 Å². The van der Waals surface area contributed by atoms with Crippen molar-refractivity contribution in [1.82, 2.24) is 4.98 Å². The standard InChI is InChI=1S/C14H14N2O6/c1-2-22-14(19)13-9(4-6-12(17)18)10-7-8(16(20)21)3-5-11(10)15-13/h3,5,7,15H,2,4,6H2,1H3,(H,17,18). The van der Waals surface area contributed by atoms with Crippen LogP contribution in [-0.2, 0) is 16.0 Å². The first-order valence-corrected chi connectivity index (χ1v) is 6.62. The number of nitrogens with one attached hydrogen (secondary N) is 1. The number of carbonyl (C=O) groups is 2. The number of benzene rings is 1. The zero-order chi connectivity index (χ0) is 16.3. The second kappa shape index (κ2) is 6.25. The maximum atomic E-state index is 12.0. The first-order chi connectivity index (χ1) is 10.4. The van der Waals surface area contributed by atoms with Crippen LogP contribution in [0.15, 0.2) is 18.2 Å². The number of aromatic nitrogens is 1. The molecule has 2 aromatic rings. The van der Waals surface area contributed by atoms with Gasteiger partial charge in [0.05, 0.1) is 11.5 Å². The van der Waals surface area contributed by atoms with Gasteiger partial charge in [-0.25, -0.2) is 4.79 Å². The van der Waals surface area contributed by atoms with E-state index in [1.807, 2.05) is 0 Å². The highest BCUT2D eigenvalue weighted by atomic mass is 16.6. The summed E-state index contributed by atoms with van der Waals surface area (Å²) in [6.07, 6.45) is -0.118. The highest BCUT2D eigenvalue weighted by molar-refractivity contribution is 5.99. The molecule has 0 aliphatic rings. The molecule has 0 atom stereocenters. The SMILES string of the molecule is CCOC(=O)c1[nH]c2ccc([N+](=O)[O-])cc2c1CCC(=O)O. The van der Waals surface area contributed by atoms with Crippen LogP contribution in [0.25, 0.3) is 10.9 Å². The Labute approximate surface area is 124 Å². The zero-order valence-corrected chi connectivity index (χ0v) is 11.8. The van der Waals surface area contributed by atoms with Crippen LogP contribution in [-0.4, -0.2) is 33.6 Å². The van der Waals surface area contributed by atoms with Crippen LogP contribution in [0.5, 0.6) is 0 Å². The molecular formula is C14H14N2O6. The van der Waals surface area contributed by atoms with Crippen molar-refractivity contribution < 1.29 is 24.4 Å². The Morgan fingerprint density at radius 1 is 1.41 bits per heavy atom. The van der Waals surface area contributed by atoms with Crippen LogP contribution in [0, 0.1) is 10.1 Å². The van der Waals surface area contributed by atoms with Gasteiger partial charge in [0.15, 0.2) is 0 Å². The highest BCUT2D eigenvalue weighted by Crippen LogP contribution is 2.28. The molecule has 0 fully saturated rings. The fraction of sp³-hybridized carbons (Fsp3) is 0.286. The summed E-state index contributed by atoms with van der Waals surface area (Å²) in [4.78, 5) is 35.9. The summed E-state index contributed by atoms with van der Waals surface area (Å²) in [5.41, 5.74) is 0.950. The zero-order valence-electron chi connectivity index (χ0n) is 11.8. The third kappa shape index (κ3) is 3.05. The lowest BCUT2D eigenvalue weighted by molar-refractivity contribution is -0.384. The molecule has 1 heterocycles. The van der Waals surface area contributed by atoms with Crippen molar-refractivity contribution in [2.24, 2.45) is 0 Å². The lowest BCUT2D eigenvalue weighted by atomic mass is 10.0. The van der Waals surface area contributed by atoms with Crippen LogP contribution < -0.4 is 0 Å². The van der Waals surface area contributed by atoms with Gasteiger partial charge in [0, 0.05) is 29.5 Å².